The van der Waals surface area contributed by atoms with Crippen LogP contribution in [-0.4, -0.2) is 15.2 Å². The highest BCUT2D eigenvalue weighted by Crippen LogP contribution is 2.27. The molecular formula is C15H14ClFN4O. The van der Waals surface area contributed by atoms with Crippen LogP contribution in [0.4, 0.5) is 4.39 Å². The minimum atomic E-state index is -0.406. The highest BCUT2D eigenvalue weighted by atomic mass is 35.5. The Morgan fingerprint density at radius 1 is 1.36 bits per heavy atom. The zero-order valence-corrected chi connectivity index (χ0v) is 12.6. The normalized spacial score (nSPS) is 12.5. The van der Waals surface area contributed by atoms with Gasteiger partial charge in [-0.1, -0.05) is 11.6 Å². The second-order valence-corrected chi connectivity index (χ2v) is 5.30. The first-order valence-electron chi connectivity index (χ1n) is 6.76. The molecular weight excluding hydrogens is 307 g/mol. The molecule has 1 unspecified atom stereocenters. The number of aromatic amines is 1. The lowest BCUT2D eigenvalue weighted by atomic mass is 10.1. The van der Waals surface area contributed by atoms with Crippen LogP contribution in [0.5, 0.6) is 0 Å². The fourth-order valence-electron chi connectivity index (χ4n) is 2.08. The largest absolute Gasteiger partial charge is 0.460 e. The average molecular weight is 321 g/mol. The molecule has 7 heteroatoms. The van der Waals surface area contributed by atoms with Crippen molar-refractivity contribution < 1.29 is 8.81 Å². The Morgan fingerprint density at radius 3 is 2.95 bits per heavy atom. The molecule has 0 spiro atoms. The van der Waals surface area contributed by atoms with Crippen LogP contribution in [0.1, 0.15) is 24.6 Å². The summed E-state index contributed by atoms with van der Waals surface area (Å²) in [6, 6.07) is 8.05. The van der Waals surface area contributed by atoms with Crippen molar-refractivity contribution in [1.82, 2.24) is 20.5 Å². The van der Waals surface area contributed by atoms with Crippen LogP contribution >= 0.6 is 11.6 Å². The van der Waals surface area contributed by atoms with E-state index in [1.807, 2.05) is 13.0 Å². The molecule has 22 heavy (non-hydrogen) atoms. The van der Waals surface area contributed by atoms with Crippen molar-refractivity contribution >= 4 is 11.6 Å². The van der Waals surface area contributed by atoms with Crippen LogP contribution in [0.15, 0.2) is 41.1 Å². The summed E-state index contributed by atoms with van der Waals surface area (Å²) < 4.78 is 19.5. The van der Waals surface area contributed by atoms with Crippen molar-refractivity contribution in [2.75, 3.05) is 0 Å². The van der Waals surface area contributed by atoms with E-state index < -0.39 is 5.82 Å². The molecule has 0 fully saturated rings. The Hall–Kier alpha value is -2.18. The lowest BCUT2D eigenvalue weighted by Crippen LogP contribution is -2.18. The maximum Gasteiger partial charge on any atom is 0.141 e. The van der Waals surface area contributed by atoms with E-state index in [1.54, 1.807) is 18.2 Å². The van der Waals surface area contributed by atoms with Crippen molar-refractivity contribution in [3.63, 3.8) is 0 Å². The zero-order valence-electron chi connectivity index (χ0n) is 11.8. The molecule has 0 saturated heterocycles. The van der Waals surface area contributed by atoms with Crippen molar-refractivity contribution in [1.29, 1.82) is 0 Å². The van der Waals surface area contributed by atoms with E-state index in [4.69, 9.17) is 16.0 Å². The number of furan rings is 1. The first kappa shape index (κ1) is 14.7. The van der Waals surface area contributed by atoms with E-state index >= 15 is 0 Å². The molecule has 0 amide bonds. The van der Waals surface area contributed by atoms with Crippen LogP contribution in [0.2, 0.25) is 5.02 Å². The van der Waals surface area contributed by atoms with Gasteiger partial charge < -0.3 is 9.73 Å². The Bertz CT molecular complexity index is 757. The van der Waals surface area contributed by atoms with Crippen LogP contribution in [0.3, 0.4) is 0 Å². The number of halogens is 2. The molecule has 0 aliphatic rings. The SMILES string of the molecule is CC(NCc1ccc(-c2ccc(Cl)cc2F)o1)c1ncn[nH]1. The number of H-pyrrole nitrogens is 1. The molecule has 2 heterocycles. The monoisotopic (exact) mass is 320 g/mol. The van der Waals surface area contributed by atoms with Gasteiger partial charge in [-0.2, -0.15) is 5.10 Å². The highest BCUT2D eigenvalue weighted by molar-refractivity contribution is 6.30. The Kier molecular flexibility index (Phi) is 4.22. The molecule has 1 aromatic carbocycles. The van der Waals surface area contributed by atoms with Gasteiger partial charge in [0.25, 0.3) is 0 Å². The second-order valence-electron chi connectivity index (χ2n) is 4.86. The predicted molar refractivity (Wildman–Crippen MR) is 80.7 cm³/mol. The smallest absolute Gasteiger partial charge is 0.141 e. The third-order valence-corrected chi connectivity index (χ3v) is 3.52. The molecule has 114 valence electrons. The summed E-state index contributed by atoms with van der Waals surface area (Å²) >= 11 is 5.75. The summed E-state index contributed by atoms with van der Waals surface area (Å²) in [5, 5.41) is 10.2. The topological polar surface area (TPSA) is 66.7 Å². The van der Waals surface area contributed by atoms with E-state index in [2.05, 4.69) is 20.5 Å². The number of nitrogens with zero attached hydrogens (tertiary/aromatic N) is 2. The molecule has 0 saturated carbocycles. The third-order valence-electron chi connectivity index (χ3n) is 3.28. The third kappa shape index (κ3) is 3.18. The number of nitrogens with one attached hydrogen (secondary N) is 2. The molecule has 0 bridgehead atoms. The van der Waals surface area contributed by atoms with Gasteiger partial charge in [-0.25, -0.2) is 9.37 Å². The van der Waals surface area contributed by atoms with Gasteiger partial charge >= 0.3 is 0 Å². The molecule has 2 N–H and O–H groups in total. The van der Waals surface area contributed by atoms with Gasteiger partial charge in [-0.05, 0) is 37.3 Å². The molecule has 0 aliphatic carbocycles. The van der Waals surface area contributed by atoms with Crippen molar-refractivity contribution in [2.45, 2.75) is 19.5 Å². The molecule has 3 aromatic rings. The summed E-state index contributed by atoms with van der Waals surface area (Å²) in [6.07, 6.45) is 1.46. The van der Waals surface area contributed by atoms with Gasteiger partial charge in [-0.15, -0.1) is 0 Å². The van der Waals surface area contributed by atoms with Gasteiger partial charge in [0.15, 0.2) is 0 Å². The van der Waals surface area contributed by atoms with Gasteiger partial charge in [-0.3, -0.25) is 5.10 Å². The minimum absolute atomic E-state index is 0.00307. The second kappa shape index (κ2) is 6.29. The maximum atomic E-state index is 13.9. The molecule has 5 nitrogen and oxygen atoms in total. The molecule has 1 atom stereocenters. The molecule has 0 aliphatic heterocycles. The zero-order chi connectivity index (χ0) is 15.5. The van der Waals surface area contributed by atoms with E-state index in [0.29, 0.717) is 28.7 Å². The fraction of sp³-hybridized carbons (Fsp3) is 0.200. The standard InChI is InChI=1S/C15H14ClFN4O/c1-9(15-19-8-20-21-15)18-7-11-3-5-14(22-11)12-4-2-10(16)6-13(12)17/h2-6,8-9,18H,7H2,1H3,(H,19,20,21). The van der Waals surface area contributed by atoms with Crippen molar-refractivity contribution in [3.05, 3.63) is 59.1 Å². The van der Waals surface area contributed by atoms with Gasteiger partial charge in [0.05, 0.1) is 18.2 Å². The Labute approximate surface area is 131 Å². The van der Waals surface area contributed by atoms with Crippen LogP contribution in [0, 0.1) is 5.82 Å². The number of benzene rings is 1. The van der Waals surface area contributed by atoms with Crippen molar-refractivity contribution in [3.8, 4) is 11.3 Å². The summed E-state index contributed by atoms with van der Waals surface area (Å²) in [5.74, 6) is 1.51. The number of aromatic nitrogens is 3. The first-order valence-corrected chi connectivity index (χ1v) is 7.14. The van der Waals surface area contributed by atoms with E-state index in [-0.39, 0.29) is 6.04 Å². The van der Waals surface area contributed by atoms with Gasteiger partial charge in [0.2, 0.25) is 0 Å². The molecule has 3 rings (SSSR count). The van der Waals surface area contributed by atoms with E-state index in [1.165, 1.54) is 12.4 Å². The maximum absolute atomic E-state index is 13.9. The number of hydrogen-bond donors (Lipinski definition) is 2. The predicted octanol–water partition coefficient (Wildman–Crippen LogP) is 3.71. The summed E-state index contributed by atoms with van der Waals surface area (Å²) in [6.45, 7) is 2.46. The quantitative estimate of drug-likeness (QED) is 0.752. The average Bonchev–Trinajstić information content (AvgIpc) is 3.16. The minimum Gasteiger partial charge on any atom is -0.460 e. The molecule has 2 aromatic heterocycles. The van der Waals surface area contributed by atoms with Crippen LogP contribution in [-0.2, 0) is 6.54 Å². The Morgan fingerprint density at radius 2 is 2.23 bits per heavy atom. The number of rotatable bonds is 5. The van der Waals surface area contributed by atoms with Crippen molar-refractivity contribution in [2.24, 2.45) is 0 Å². The van der Waals surface area contributed by atoms with Gasteiger partial charge in [0, 0.05) is 5.02 Å². The van der Waals surface area contributed by atoms with E-state index in [9.17, 15) is 4.39 Å². The highest BCUT2D eigenvalue weighted by Gasteiger charge is 2.12. The van der Waals surface area contributed by atoms with Crippen LogP contribution < -0.4 is 5.32 Å². The number of hydrogen-bond acceptors (Lipinski definition) is 4. The first-order chi connectivity index (χ1) is 10.6. The summed E-state index contributed by atoms with van der Waals surface area (Å²) in [4.78, 5) is 4.08. The summed E-state index contributed by atoms with van der Waals surface area (Å²) in [5.41, 5.74) is 0.388. The fourth-order valence-corrected chi connectivity index (χ4v) is 2.24. The lowest BCUT2D eigenvalue weighted by molar-refractivity contribution is 0.459. The van der Waals surface area contributed by atoms with E-state index in [0.717, 1.165) is 5.82 Å². The Balaban J connectivity index is 1.69. The lowest BCUT2D eigenvalue weighted by Gasteiger charge is -2.09. The summed E-state index contributed by atoms with van der Waals surface area (Å²) in [7, 11) is 0. The van der Waals surface area contributed by atoms with Gasteiger partial charge in [0.1, 0.15) is 29.5 Å². The van der Waals surface area contributed by atoms with Crippen LogP contribution in [0.25, 0.3) is 11.3 Å². The molecule has 0 radical (unpaired) electrons.